The monoisotopic (exact) mass is 694 g/mol. The first-order valence-corrected chi connectivity index (χ1v) is 18.1. The average Bonchev–Trinajstić information content (AvgIpc) is 3.06. The van der Waals surface area contributed by atoms with E-state index < -0.39 is 77.1 Å². The van der Waals surface area contributed by atoms with Crippen LogP contribution in [0.3, 0.4) is 0 Å². The van der Waals surface area contributed by atoms with Gasteiger partial charge in [0.1, 0.15) is 24.4 Å². The minimum Gasteiger partial charge on any atom is -0.481 e. The third-order valence-corrected chi connectivity index (χ3v) is 15.7. The minimum absolute atomic E-state index is 0.0779. The van der Waals surface area contributed by atoms with Gasteiger partial charge in [-0.15, -0.1) is 0 Å². The van der Waals surface area contributed by atoms with Crippen LogP contribution in [0.2, 0.25) is 0 Å². The van der Waals surface area contributed by atoms with E-state index in [2.05, 4.69) is 26.8 Å². The zero-order valence-electron chi connectivity index (χ0n) is 29.8. The largest absolute Gasteiger partial charge is 0.481 e. The fourth-order valence-corrected chi connectivity index (χ4v) is 12.6. The molecule has 6 rings (SSSR count). The number of fused-ring (bicyclic) bond motifs is 7. The van der Waals surface area contributed by atoms with Crippen LogP contribution in [-0.4, -0.2) is 111 Å². The van der Waals surface area contributed by atoms with Crippen LogP contribution < -0.4 is 0 Å². The maximum atomic E-state index is 13.1. The fraction of sp³-hybridized carbons (Fsp3) is 0.892. The molecule has 0 spiro atoms. The lowest BCUT2D eigenvalue weighted by atomic mass is 9.33. The van der Waals surface area contributed by atoms with E-state index in [0.29, 0.717) is 51.4 Å². The molecule has 49 heavy (non-hydrogen) atoms. The number of aliphatic hydroxyl groups excluding tert-OH is 6. The fourth-order valence-electron chi connectivity index (χ4n) is 12.6. The molecule has 1 saturated heterocycles. The first kappa shape index (κ1) is 37.1. The average molecular weight is 695 g/mol. The highest BCUT2D eigenvalue weighted by molar-refractivity contribution is 5.80. The summed E-state index contributed by atoms with van der Waals surface area (Å²) in [6.45, 7) is 9.66. The Balaban J connectivity index is 1.35. The van der Waals surface area contributed by atoms with E-state index in [4.69, 9.17) is 14.2 Å². The molecule has 7 N–H and O–H groups in total. The lowest BCUT2D eigenvalue weighted by Gasteiger charge is -2.71. The third-order valence-electron chi connectivity index (χ3n) is 15.7. The molecule has 1 aliphatic heterocycles. The highest BCUT2D eigenvalue weighted by Gasteiger charge is 2.71. The lowest BCUT2D eigenvalue weighted by molar-refractivity contribution is -0.345. The van der Waals surface area contributed by atoms with Gasteiger partial charge in [-0.25, -0.2) is 0 Å². The van der Waals surface area contributed by atoms with Crippen LogP contribution >= 0.6 is 0 Å². The van der Waals surface area contributed by atoms with Gasteiger partial charge in [0.15, 0.2) is 6.29 Å². The van der Waals surface area contributed by atoms with E-state index in [0.717, 1.165) is 12.0 Å². The number of methoxy groups -OCH3 is 1. The summed E-state index contributed by atoms with van der Waals surface area (Å²) in [6.07, 6.45) is -2.17. The van der Waals surface area contributed by atoms with Crippen molar-refractivity contribution in [1.29, 1.82) is 0 Å². The Morgan fingerprint density at radius 1 is 0.898 bits per heavy atom. The number of ether oxygens (including phenoxy) is 3. The van der Waals surface area contributed by atoms with Gasteiger partial charge in [0.05, 0.1) is 43.4 Å². The number of aliphatic carboxylic acids is 1. The molecule has 0 aromatic rings. The van der Waals surface area contributed by atoms with E-state index in [9.17, 15) is 45.3 Å². The zero-order valence-corrected chi connectivity index (χ0v) is 29.8. The number of carboxylic acids is 1. The first-order chi connectivity index (χ1) is 22.8. The Morgan fingerprint density at radius 3 is 2.18 bits per heavy atom. The minimum atomic E-state index is -1.64. The molecule has 16 atom stereocenters. The highest BCUT2D eigenvalue weighted by Crippen LogP contribution is 2.76. The van der Waals surface area contributed by atoms with Crippen LogP contribution in [0.25, 0.3) is 0 Å². The van der Waals surface area contributed by atoms with Crippen molar-refractivity contribution < 1.29 is 59.5 Å². The van der Waals surface area contributed by atoms with E-state index in [1.54, 1.807) is 0 Å². The number of hydrogen-bond acceptors (Lipinski definition) is 11. The number of allylic oxidation sites excluding steroid dienone is 2. The summed E-state index contributed by atoms with van der Waals surface area (Å²) in [5, 5.41) is 74.8. The number of hydrogen-bond donors (Lipinski definition) is 7. The Labute approximate surface area is 288 Å². The predicted octanol–water partition coefficient (Wildman–Crippen LogP) is 2.15. The molecule has 12 nitrogen and oxygen atoms in total. The van der Waals surface area contributed by atoms with E-state index in [1.807, 2.05) is 13.8 Å². The molecule has 0 unspecified atom stereocenters. The van der Waals surface area contributed by atoms with Crippen molar-refractivity contribution in [3.8, 4) is 0 Å². The number of carbonyl (C=O) groups excluding carboxylic acids is 1. The summed E-state index contributed by atoms with van der Waals surface area (Å²) in [5.74, 6) is -1.43. The standard InChI is InChI=1S/C37H58O12/c1-32(31(46)47-6)11-13-37(30(44)45)14-12-35(4)19(20(37)15-32)7-8-24-33(2)16-21(40)28(34(3,18-39)23(33)9-10-36(24,35)5)49-29-27(43)26(42)25(41)22(17-38)48-29/h7,20-29,38-43H,8-18H2,1-6H3,(H,44,45)/t20-,21+,22-,23+,24-,25-,26+,27-,28-,29+,32+,33-,34+,35-,36-,37+/m1/s1. The second-order valence-corrected chi connectivity index (χ2v) is 17.8. The van der Waals surface area contributed by atoms with Gasteiger partial charge in [0.25, 0.3) is 0 Å². The van der Waals surface area contributed by atoms with Gasteiger partial charge in [-0.2, -0.15) is 0 Å². The van der Waals surface area contributed by atoms with Crippen LogP contribution in [0.4, 0.5) is 0 Å². The van der Waals surface area contributed by atoms with Crippen molar-refractivity contribution in [1.82, 2.24) is 0 Å². The van der Waals surface area contributed by atoms with Crippen molar-refractivity contribution in [2.75, 3.05) is 20.3 Å². The van der Waals surface area contributed by atoms with Crippen LogP contribution in [0.15, 0.2) is 11.6 Å². The molecule has 0 bridgehead atoms. The molecular weight excluding hydrogens is 636 g/mol. The summed E-state index contributed by atoms with van der Waals surface area (Å²) in [5.41, 5.74) is -2.63. The summed E-state index contributed by atoms with van der Waals surface area (Å²) in [6, 6.07) is 0. The van der Waals surface area contributed by atoms with Crippen LogP contribution in [0.5, 0.6) is 0 Å². The molecule has 5 fully saturated rings. The second-order valence-electron chi connectivity index (χ2n) is 17.8. The van der Waals surface area contributed by atoms with Crippen LogP contribution in [0, 0.1) is 50.2 Å². The highest BCUT2D eigenvalue weighted by atomic mass is 16.7. The van der Waals surface area contributed by atoms with Gasteiger partial charge in [0, 0.05) is 5.41 Å². The van der Waals surface area contributed by atoms with Gasteiger partial charge < -0.3 is 50.0 Å². The van der Waals surface area contributed by atoms with Crippen LogP contribution in [0.1, 0.15) is 92.4 Å². The number of aliphatic hydroxyl groups is 6. The van der Waals surface area contributed by atoms with Crippen molar-refractivity contribution in [2.24, 2.45) is 50.2 Å². The van der Waals surface area contributed by atoms with E-state index >= 15 is 0 Å². The molecule has 0 aromatic carbocycles. The third kappa shape index (κ3) is 4.98. The van der Waals surface area contributed by atoms with E-state index in [-0.39, 0.29) is 41.2 Å². The van der Waals surface area contributed by atoms with Gasteiger partial charge in [-0.1, -0.05) is 39.3 Å². The van der Waals surface area contributed by atoms with Gasteiger partial charge in [-0.3, -0.25) is 9.59 Å². The smallest absolute Gasteiger partial charge is 0.311 e. The normalized spacial score (nSPS) is 54.0. The quantitative estimate of drug-likeness (QED) is 0.122. The molecule has 0 aromatic heterocycles. The lowest BCUT2D eigenvalue weighted by Crippen LogP contribution is -2.69. The van der Waals surface area contributed by atoms with Crippen molar-refractivity contribution in [3.63, 3.8) is 0 Å². The number of carbonyl (C=O) groups is 2. The van der Waals surface area contributed by atoms with Gasteiger partial charge in [-0.05, 0) is 98.7 Å². The Bertz CT molecular complexity index is 1350. The van der Waals surface area contributed by atoms with E-state index in [1.165, 1.54) is 7.11 Å². The summed E-state index contributed by atoms with van der Waals surface area (Å²) < 4.78 is 17.1. The molecule has 278 valence electrons. The number of esters is 1. The molecule has 0 radical (unpaired) electrons. The maximum absolute atomic E-state index is 13.1. The van der Waals surface area contributed by atoms with Crippen molar-refractivity contribution in [3.05, 3.63) is 11.6 Å². The molecule has 4 saturated carbocycles. The molecule has 0 amide bonds. The summed E-state index contributed by atoms with van der Waals surface area (Å²) in [4.78, 5) is 26.1. The van der Waals surface area contributed by atoms with Crippen molar-refractivity contribution >= 4 is 11.9 Å². The SMILES string of the molecule is COC(=O)[C@@]1(C)CC[C@]2(C(=O)O)CC[C@]3(C)C(=CC[C@@H]4[C@]5(C)C[C@H](O)[C@@H](O[C@@H]6O[C@H](CO)[C@@H](O)[C@H](O)[C@H]6O)[C@@](C)(CO)[C@H]5CC[C@]43C)[C@H]2C1. The molecular formula is C37H58O12. The first-order valence-electron chi connectivity index (χ1n) is 18.1. The summed E-state index contributed by atoms with van der Waals surface area (Å²) >= 11 is 0. The Morgan fingerprint density at radius 2 is 1.57 bits per heavy atom. The second kappa shape index (κ2) is 12.2. The molecule has 5 aliphatic carbocycles. The maximum Gasteiger partial charge on any atom is 0.311 e. The van der Waals surface area contributed by atoms with Crippen LogP contribution in [-0.2, 0) is 23.8 Å². The predicted molar refractivity (Wildman–Crippen MR) is 174 cm³/mol. The number of rotatable bonds is 6. The van der Waals surface area contributed by atoms with Crippen molar-refractivity contribution in [2.45, 2.75) is 135 Å². The van der Waals surface area contributed by atoms with Gasteiger partial charge in [0.2, 0.25) is 0 Å². The zero-order chi connectivity index (χ0) is 36.1. The molecule has 1 heterocycles. The number of carboxylic acid groups (broad SMARTS) is 1. The Hall–Kier alpha value is -1.64. The topological polar surface area (TPSA) is 203 Å². The molecule has 6 aliphatic rings. The Kier molecular flexibility index (Phi) is 9.26. The molecule has 12 heteroatoms. The van der Waals surface area contributed by atoms with Gasteiger partial charge >= 0.3 is 11.9 Å². The summed E-state index contributed by atoms with van der Waals surface area (Å²) in [7, 11) is 1.39.